The quantitative estimate of drug-likeness (QED) is 0.411. The lowest BCUT2D eigenvalue weighted by atomic mass is 10.1. The van der Waals surface area contributed by atoms with Crippen LogP contribution >= 0.6 is 23.7 Å². The van der Waals surface area contributed by atoms with E-state index in [0.717, 1.165) is 37.6 Å². The van der Waals surface area contributed by atoms with Gasteiger partial charge in [-0.05, 0) is 35.4 Å². The number of amidine groups is 1. The summed E-state index contributed by atoms with van der Waals surface area (Å²) in [5, 5.41) is 8.70. The molecule has 0 amide bonds. The zero-order chi connectivity index (χ0) is 15.8. The third kappa shape index (κ3) is 2.96. The number of benzene rings is 2. The molecule has 0 spiro atoms. The van der Waals surface area contributed by atoms with Crippen LogP contribution in [-0.4, -0.2) is 12.6 Å². The molecule has 0 aliphatic carbocycles. The molecule has 1 aliphatic heterocycles. The van der Waals surface area contributed by atoms with E-state index in [-0.39, 0.29) is 25.0 Å². The van der Waals surface area contributed by atoms with Crippen LogP contribution in [0, 0.1) is 5.41 Å². The van der Waals surface area contributed by atoms with Gasteiger partial charge in [-0.25, -0.2) is 0 Å². The van der Waals surface area contributed by atoms with Crippen LogP contribution in [0.4, 0.5) is 0 Å². The first-order valence-corrected chi connectivity index (χ1v) is 7.97. The van der Waals surface area contributed by atoms with Crippen LogP contribution in [0.3, 0.4) is 0 Å². The van der Waals surface area contributed by atoms with Crippen LogP contribution in [0.25, 0.3) is 22.2 Å². The van der Waals surface area contributed by atoms with Gasteiger partial charge in [0.2, 0.25) is 6.79 Å². The van der Waals surface area contributed by atoms with Crippen molar-refractivity contribution in [1.29, 1.82) is 5.41 Å². The number of hydrogen-bond acceptors (Lipinski definition) is 4. The highest BCUT2D eigenvalue weighted by Gasteiger charge is 2.12. The van der Waals surface area contributed by atoms with Gasteiger partial charge >= 0.3 is 0 Å². The van der Waals surface area contributed by atoms with E-state index >= 15 is 0 Å². The molecular formula is C18H15ClN2O2S. The first-order valence-electron chi connectivity index (χ1n) is 7.15. The number of ether oxygens (including phenoxy) is 2. The summed E-state index contributed by atoms with van der Waals surface area (Å²) in [4.78, 5) is 0.795. The van der Waals surface area contributed by atoms with Gasteiger partial charge in [0.05, 0.1) is 4.88 Å². The van der Waals surface area contributed by atoms with Crippen molar-refractivity contribution < 1.29 is 9.47 Å². The van der Waals surface area contributed by atoms with E-state index in [2.05, 4.69) is 12.1 Å². The molecule has 4 rings (SSSR count). The molecule has 24 heavy (non-hydrogen) atoms. The van der Waals surface area contributed by atoms with Gasteiger partial charge in [-0.2, -0.15) is 0 Å². The summed E-state index contributed by atoms with van der Waals surface area (Å²) in [5.41, 5.74) is 7.74. The molecule has 0 fully saturated rings. The van der Waals surface area contributed by atoms with Gasteiger partial charge in [0.1, 0.15) is 5.84 Å². The van der Waals surface area contributed by atoms with Gasteiger partial charge in [-0.1, -0.05) is 30.4 Å². The summed E-state index contributed by atoms with van der Waals surface area (Å²) >= 11 is 1.54. The predicted octanol–water partition coefficient (Wildman–Crippen LogP) is 4.51. The largest absolute Gasteiger partial charge is 0.454 e. The predicted molar refractivity (Wildman–Crippen MR) is 102 cm³/mol. The molecule has 6 heteroatoms. The maximum Gasteiger partial charge on any atom is 0.231 e. The van der Waals surface area contributed by atoms with Crippen molar-refractivity contribution in [1.82, 2.24) is 0 Å². The number of thiophene rings is 1. The smallest absolute Gasteiger partial charge is 0.231 e. The Morgan fingerprint density at radius 2 is 1.92 bits per heavy atom. The monoisotopic (exact) mass is 358 g/mol. The van der Waals surface area contributed by atoms with Gasteiger partial charge < -0.3 is 15.2 Å². The molecular weight excluding hydrogens is 344 g/mol. The van der Waals surface area contributed by atoms with Crippen LogP contribution in [0.1, 0.15) is 16.0 Å². The van der Waals surface area contributed by atoms with Crippen LogP contribution in [0.2, 0.25) is 0 Å². The maximum atomic E-state index is 7.59. The molecule has 4 nitrogen and oxygen atoms in total. The Labute approximate surface area is 149 Å². The van der Waals surface area contributed by atoms with Gasteiger partial charge in [-0.3, -0.25) is 5.41 Å². The zero-order valence-corrected chi connectivity index (χ0v) is 14.2. The van der Waals surface area contributed by atoms with Gasteiger partial charge in [0.15, 0.2) is 11.5 Å². The standard InChI is InChI=1S/C18H14N2O2S.ClH/c19-18(20)17-9-13-12(2-1-3-16(13)23-17)6-4-11-5-7-14-15(8-11)22-10-21-14;/h1-9H,10H2,(H3,19,20);1H/b6-4+;. The SMILES string of the molecule is Cl.N=C(N)c1cc2c(/C=C/c3ccc4c(c3)OCO4)cccc2s1. The topological polar surface area (TPSA) is 68.3 Å². The van der Waals surface area contributed by atoms with Crippen LogP contribution in [0.5, 0.6) is 11.5 Å². The third-order valence-electron chi connectivity index (χ3n) is 3.71. The molecule has 0 unspecified atom stereocenters. The molecule has 2 heterocycles. The highest BCUT2D eigenvalue weighted by atomic mass is 35.5. The van der Waals surface area contributed by atoms with Crippen molar-refractivity contribution in [3.05, 3.63) is 58.5 Å². The van der Waals surface area contributed by atoms with Crippen molar-refractivity contribution >= 4 is 51.8 Å². The van der Waals surface area contributed by atoms with E-state index in [1.165, 1.54) is 11.3 Å². The summed E-state index contributed by atoms with van der Waals surface area (Å²) in [5.74, 6) is 1.67. The summed E-state index contributed by atoms with van der Waals surface area (Å²) in [6.07, 6.45) is 4.11. The lowest BCUT2D eigenvalue weighted by Crippen LogP contribution is -2.08. The number of fused-ring (bicyclic) bond motifs is 2. The Bertz CT molecular complexity index is 949. The Morgan fingerprint density at radius 3 is 2.75 bits per heavy atom. The molecule has 1 aromatic heterocycles. The van der Waals surface area contributed by atoms with Crippen LogP contribution < -0.4 is 15.2 Å². The van der Waals surface area contributed by atoms with Gasteiger partial charge in [-0.15, -0.1) is 23.7 Å². The summed E-state index contributed by atoms with van der Waals surface area (Å²) < 4.78 is 11.8. The first-order chi connectivity index (χ1) is 11.2. The summed E-state index contributed by atoms with van der Waals surface area (Å²) in [7, 11) is 0. The van der Waals surface area contributed by atoms with E-state index in [0.29, 0.717) is 0 Å². The van der Waals surface area contributed by atoms with E-state index in [1.807, 2.05) is 42.5 Å². The van der Waals surface area contributed by atoms with Gasteiger partial charge in [0.25, 0.3) is 0 Å². The van der Waals surface area contributed by atoms with Gasteiger partial charge in [0, 0.05) is 10.1 Å². The number of halogens is 1. The van der Waals surface area contributed by atoms with Crippen molar-refractivity contribution in [2.75, 3.05) is 6.79 Å². The minimum absolute atomic E-state index is 0. The van der Waals surface area contributed by atoms with Crippen molar-refractivity contribution in [3.8, 4) is 11.5 Å². The second kappa shape index (κ2) is 6.55. The van der Waals surface area contributed by atoms with Crippen LogP contribution in [-0.2, 0) is 0 Å². The molecule has 0 saturated carbocycles. The minimum atomic E-state index is 0. The number of hydrogen-bond donors (Lipinski definition) is 2. The summed E-state index contributed by atoms with van der Waals surface area (Å²) in [6, 6.07) is 14.0. The number of nitrogen functional groups attached to an aromatic ring is 1. The second-order valence-corrected chi connectivity index (χ2v) is 6.31. The fourth-order valence-corrected chi connectivity index (χ4v) is 3.52. The molecule has 122 valence electrons. The van der Waals surface area contributed by atoms with Crippen molar-refractivity contribution in [3.63, 3.8) is 0 Å². The van der Waals surface area contributed by atoms with Crippen molar-refractivity contribution in [2.24, 2.45) is 5.73 Å². The molecule has 3 aromatic rings. The molecule has 0 saturated heterocycles. The minimum Gasteiger partial charge on any atom is -0.454 e. The first kappa shape index (κ1) is 16.4. The third-order valence-corrected chi connectivity index (χ3v) is 4.85. The fraction of sp³-hybridized carbons (Fsp3) is 0.0556. The fourth-order valence-electron chi connectivity index (χ4n) is 2.56. The second-order valence-electron chi connectivity index (χ2n) is 5.23. The van der Waals surface area contributed by atoms with E-state index < -0.39 is 0 Å². The Hall–Kier alpha value is -2.50. The average Bonchev–Trinajstić information content (AvgIpc) is 3.18. The number of nitrogens with two attached hydrogens (primary N) is 1. The lowest BCUT2D eigenvalue weighted by molar-refractivity contribution is 0.174. The van der Waals surface area contributed by atoms with E-state index in [1.54, 1.807) is 0 Å². The Kier molecular flexibility index (Phi) is 4.46. The summed E-state index contributed by atoms with van der Waals surface area (Å²) in [6.45, 7) is 0.282. The molecule has 0 bridgehead atoms. The maximum absolute atomic E-state index is 7.59. The lowest BCUT2D eigenvalue weighted by Gasteiger charge is -1.99. The van der Waals surface area contributed by atoms with Crippen molar-refractivity contribution in [2.45, 2.75) is 0 Å². The molecule has 2 aromatic carbocycles. The Balaban J connectivity index is 0.00000169. The van der Waals surface area contributed by atoms with Crippen LogP contribution in [0.15, 0.2) is 42.5 Å². The Morgan fingerprint density at radius 1 is 1.08 bits per heavy atom. The van der Waals surface area contributed by atoms with E-state index in [9.17, 15) is 0 Å². The highest BCUT2D eigenvalue weighted by molar-refractivity contribution is 7.20. The highest BCUT2D eigenvalue weighted by Crippen LogP contribution is 2.33. The molecule has 0 atom stereocenters. The normalized spacial score (nSPS) is 12.5. The number of nitrogens with one attached hydrogen (secondary N) is 1. The average molecular weight is 359 g/mol. The van der Waals surface area contributed by atoms with E-state index in [4.69, 9.17) is 20.6 Å². The molecule has 1 aliphatic rings. The molecule has 0 radical (unpaired) electrons. The zero-order valence-electron chi connectivity index (χ0n) is 12.6. The number of rotatable bonds is 3. The molecule has 3 N–H and O–H groups in total.